The highest BCUT2D eigenvalue weighted by Crippen LogP contribution is 2.32. The summed E-state index contributed by atoms with van der Waals surface area (Å²) in [5, 5.41) is 28.6. The van der Waals surface area contributed by atoms with Crippen LogP contribution in [-0.4, -0.2) is 78.2 Å². The van der Waals surface area contributed by atoms with Crippen molar-refractivity contribution in [3.63, 3.8) is 0 Å². The van der Waals surface area contributed by atoms with Gasteiger partial charge in [0.1, 0.15) is 5.60 Å². The van der Waals surface area contributed by atoms with Crippen LogP contribution in [0.25, 0.3) is 0 Å². The summed E-state index contributed by atoms with van der Waals surface area (Å²) < 4.78 is 6.45. The largest absolute Gasteiger partial charge is 0.444 e. The van der Waals surface area contributed by atoms with E-state index in [1.54, 1.807) is 20.8 Å². The van der Waals surface area contributed by atoms with Gasteiger partial charge in [-0.3, -0.25) is 4.79 Å². The number of alkyl carbamates (subject to hydrolysis) is 1. The molecule has 4 N–H and O–H groups in total. The number of aliphatic hydroxyl groups excluding tert-OH is 2. The first-order valence-corrected chi connectivity index (χ1v) is 16.8. The molecule has 0 radical (unpaired) electrons. The summed E-state index contributed by atoms with van der Waals surface area (Å²) in [6.07, 6.45) is 1.01. The van der Waals surface area contributed by atoms with Crippen molar-refractivity contribution in [3.05, 3.63) is 107 Å². The van der Waals surface area contributed by atoms with Crippen LogP contribution in [-0.2, 0) is 35.2 Å². The number of nitrogens with zero attached hydrogens (tertiary/aromatic N) is 1. The van der Waals surface area contributed by atoms with Crippen molar-refractivity contribution in [2.45, 2.75) is 89.2 Å². The highest BCUT2D eigenvalue weighted by molar-refractivity contribution is 5.80. The molecule has 0 bridgehead atoms. The van der Waals surface area contributed by atoms with Crippen molar-refractivity contribution in [2.75, 3.05) is 27.7 Å². The van der Waals surface area contributed by atoms with Gasteiger partial charge in [-0.25, -0.2) is 4.79 Å². The number of ether oxygens (including phenoxy) is 1. The van der Waals surface area contributed by atoms with Crippen LogP contribution >= 0.6 is 0 Å². The van der Waals surface area contributed by atoms with Gasteiger partial charge in [-0.15, -0.1) is 0 Å². The second-order valence-electron chi connectivity index (χ2n) is 15.0. The molecule has 4 rings (SSSR count). The molecule has 47 heavy (non-hydrogen) atoms. The van der Waals surface area contributed by atoms with E-state index in [4.69, 9.17) is 4.74 Å². The highest BCUT2D eigenvalue weighted by atomic mass is 16.6. The van der Waals surface area contributed by atoms with Crippen molar-refractivity contribution in [2.24, 2.45) is 5.92 Å². The highest BCUT2D eigenvalue weighted by Gasteiger charge is 2.35. The Morgan fingerprint density at radius 1 is 0.894 bits per heavy atom. The maximum absolute atomic E-state index is 14.0. The van der Waals surface area contributed by atoms with E-state index < -0.39 is 41.9 Å². The molecular weight excluding hydrogens is 590 g/mol. The predicted molar refractivity (Wildman–Crippen MR) is 186 cm³/mol. The molecule has 8 heteroatoms. The van der Waals surface area contributed by atoms with Gasteiger partial charge in [0, 0.05) is 18.8 Å². The fourth-order valence-electron chi connectivity index (χ4n) is 6.25. The van der Waals surface area contributed by atoms with E-state index in [0.717, 1.165) is 46.1 Å². The molecular formula is C39H54N3O5+. The molecule has 0 unspecified atom stereocenters. The van der Waals surface area contributed by atoms with Gasteiger partial charge in [-0.1, -0.05) is 78.9 Å². The lowest BCUT2D eigenvalue weighted by Crippen LogP contribution is -2.48. The van der Waals surface area contributed by atoms with Crippen LogP contribution in [0.15, 0.2) is 78.9 Å². The maximum atomic E-state index is 14.0. The van der Waals surface area contributed by atoms with Crippen LogP contribution < -0.4 is 10.6 Å². The second kappa shape index (κ2) is 15.9. The number of fused-ring (bicyclic) bond motifs is 1. The summed E-state index contributed by atoms with van der Waals surface area (Å²) in [4.78, 5) is 26.9. The third kappa shape index (κ3) is 11.5. The van der Waals surface area contributed by atoms with E-state index in [1.165, 1.54) is 5.56 Å². The van der Waals surface area contributed by atoms with Crippen LogP contribution in [0.1, 0.15) is 67.5 Å². The van der Waals surface area contributed by atoms with Crippen LogP contribution in [0, 0.1) is 5.92 Å². The minimum absolute atomic E-state index is 0.106. The van der Waals surface area contributed by atoms with Gasteiger partial charge >= 0.3 is 6.09 Å². The molecule has 0 aromatic heterocycles. The number of aliphatic hydroxyl groups is 2. The number of aryl methyl sites for hydroxylation is 1. The molecule has 3 aromatic rings. The zero-order chi connectivity index (χ0) is 34.2. The smallest absolute Gasteiger partial charge is 0.407 e. The number of carbonyl (C=O) groups is 2. The van der Waals surface area contributed by atoms with Gasteiger partial charge in [-0.05, 0) is 74.3 Å². The van der Waals surface area contributed by atoms with E-state index in [9.17, 15) is 19.8 Å². The fraction of sp³-hybridized carbons (Fsp3) is 0.487. The number of quaternary nitrogens is 1. The Hall–Kier alpha value is -3.72. The molecule has 0 saturated heterocycles. The predicted octanol–water partition coefficient (Wildman–Crippen LogP) is 5.15. The molecule has 2 amide bonds. The first-order valence-electron chi connectivity index (χ1n) is 16.8. The van der Waals surface area contributed by atoms with Crippen molar-refractivity contribution in [1.29, 1.82) is 0 Å². The molecule has 5 atom stereocenters. The topological polar surface area (TPSA) is 108 Å². The molecule has 0 aliphatic heterocycles. The van der Waals surface area contributed by atoms with Crippen LogP contribution in [0.2, 0.25) is 0 Å². The standard InChI is InChI=1S/C39H53N3O5/c1-39(2,3)47-38(46)40-33(24-28-13-8-7-9-14-28)34(43)26-31(23-29-20-18-27(19-21-29)15-12-22-42(4,5)6)37(45)41-36-32-17-11-10-16-30(32)25-35(36)44/h7-11,13-14,16-21,31,33-36,43-44H,12,15,22-26H2,1-6H3,(H-,40,41,45,46)/p+1/t31-,33+,34+,35-,36+/m1/s1. The summed E-state index contributed by atoms with van der Waals surface area (Å²) in [5.41, 5.74) is 4.41. The van der Waals surface area contributed by atoms with E-state index in [0.29, 0.717) is 19.3 Å². The lowest BCUT2D eigenvalue weighted by atomic mass is 9.88. The number of hydrogen-bond donors (Lipinski definition) is 4. The second-order valence-corrected chi connectivity index (χ2v) is 15.0. The minimum Gasteiger partial charge on any atom is -0.444 e. The molecule has 8 nitrogen and oxygen atoms in total. The van der Waals surface area contributed by atoms with Gasteiger partial charge in [-0.2, -0.15) is 0 Å². The summed E-state index contributed by atoms with van der Waals surface area (Å²) in [7, 11) is 6.58. The first-order chi connectivity index (χ1) is 22.2. The van der Waals surface area contributed by atoms with E-state index >= 15 is 0 Å². The lowest BCUT2D eigenvalue weighted by Gasteiger charge is -2.30. The Kier molecular flexibility index (Phi) is 12.2. The molecule has 3 aromatic carbocycles. The number of carbonyl (C=O) groups excluding carboxylic acids is 2. The number of amides is 2. The van der Waals surface area contributed by atoms with Crippen LogP contribution in [0.4, 0.5) is 4.79 Å². The number of rotatable bonds is 14. The molecule has 1 aliphatic rings. The Labute approximate surface area is 280 Å². The Morgan fingerprint density at radius 2 is 1.51 bits per heavy atom. The van der Waals surface area contributed by atoms with Gasteiger partial charge in [0.2, 0.25) is 5.91 Å². The van der Waals surface area contributed by atoms with Gasteiger partial charge in [0.05, 0.1) is 52.0 Å². The fourth-order valence-corrected chi connectivity index (χ4v) is 6.25. The van der Waals surface area contributed by atoms with Crippen molar-refractivity contribution >= 4 is 12.0 Å². The molecule has 0 fully saturated rings. The Balaban J connectivity index is 1.54. The third-order valence-electron chi connectivity index (χ3n) is 8.66. The summed E-state index contributed by atoms with van der Waals surface area (Å²) in [6.45, 7) is 6.46. The molecule has 1 aliphatic carbocycles. The van der Waals surface area contributed by atoms with Crippen molar-refractivity contribution < 1.29 is 29.0 Å². The number of hydrogen-bond acceptors (Lipinski definition) is 5. The summed E-state index contributed by atoms with van der Waals surface area (Å²) >= 11 is 0. The normalized spacial score (nSPS) is 18.1. The zero-order valence-corrected chi connectivity index (χ0v) is 28.9. The Bertz CT molecular complexity index is 1450. The Morgan fingerprint density at radius 3 is 2.17 bits per heavy atom. The van der Waals surface area contributed by atoms with E-state index in [1.807, 2.05) is 54.6 Å². The third-order valence-corrected chi connectivity index (χ3v) is 8.66. The van der Waals surface area contributed by atoms with E-state index in [-0.39, 0.29) is 12.3 Å². The van der Waals surface area contributed by atoms with Crippen molar-refractivity contribution in [1.82, 2.24) is 10.6 Å². The summed E-state index contributed by atoms with van der Waals surface area (Å²) in [6, 6.07) is 24.6. The summed E-state index contributed by atoms with van der Waals surface area (Å²) in [5.74, 6) is -0.861. The zero-order valence-electron chi connectivity index (χ0n) is 28.9. The maximum Gasteiger partial charge on any atom is 0.407 e. The van der Waals surface area contributed by atoms with Crippen LogP contribution in [0.5, 0.6) is 0 Å². The van der Waals surface area contributed by atoms with Crippen LogP contribution in [0.3, 0.4) is 0 Å². The van der Waals surface area contributed by atoms with Gasteiger partial charge in [0.25, 0.3) is 0 Å². The van der Waals surface area contributed by atoms with Gasteiger partial charge in [0.15, 0.2) is 0 Å². The quantitative estimate of drug-likeness (QED) is 0.182. The molecule has 254 valence electrons. The monoisotopic (exact) mass is 644 g/mol. The van der Waals surface area contributed by atoms with Gasteiger partial charge < -0.3 is 30.1 Å². The average Bonchev–Trinajstić information content (AvgIpc) is 3.30. The first kappa shape index (κ1) is 36.1. The van der Waals surface area contributed by atoms with E-state index in [2.05, 4.69) is 56.0 Å². The minimum atomic E-state index is -1.05. The average molecular weight is 645 g/mol. The number of benzene rings is 3. The lowest BCUT2D eigenvalue weighted by molar-refractivity contribution is -0.870. The molecule has 0 heterocycles. The molecule has 0 saturated carbocycles. The van der Waals surface area contributed by atoms with Crippen molar-refractivity contribution in [3.8, 4) is 0 Å². The molecule has 0 spiro atoms. The number of nitrogens with one attached hydrogen (secondary N) is 2. The SMILES string of the molecule is CC(C)(C)OC(=O)N[C@@H](Cc1ccccc1)[C@@H](O)C[C@@H](Cc1ccc(CCC[N+](C)(C)C)cc1)C(=O)N[C@H]1c2ccccc2C[C@H]1O.